The summed E-state index contributed by atoms with van der Waals surface area (Å²) >= 11 is -1.63. The van der Waals surface area contributed by atoms with Gasteiger partial charge in [0, 0.05) is 17.8 Å². The van der Waals surface area contributed by atoms with Crippen LogP contribution in [0, 0.1) is 0 Å². The molecule has 42 heavy (non-hydrogen) atoms. The van der Waals surface area contributed by atoms with Gasteiger partial charge in [0.15, 0.2) is 0 Å². The molecule has 0 aliphatic carbocycles. The molecule has 0 radical (unpaired) electrons. The summed E-state index contributed by atoms with van der Waals surface area (Å²) in [5, 5.41) is 0.993. The summed E-state index contributed by atoms with van der Waals surface area (Å²) < 4.78 is 95.6. The lowest BCUT2D eigenvalue weighted by Crippen LogP contribution is -2.67. The molecule has 0 heterocycles. The highest BCUT2D eigenvalue weighted by Gasteiger charge is 2.52. The van der Waals surface area contributed by atoms with E-state index < -0.39 is 71.8 Å². The molecule has 3 rings (SSSR count). The van der Waals surface area contributed by atoms with Crippen molar-refractivity contribution >= 4 is 30.1 Å². The molecule has 0 fully saturated rings. The van der Waals surface area contributed by atoms with Crippen LogP contribution in [0.1, 0.15) is 71.2 Å². The first-order valence-electron chi connectivity index (χ1n) is 13.8. The number of nitrogens with one attached hydrogen (secondary N) is 1. The van der Waals surface area contributed by atoms with Gasteiger partial charge in [-0.15, -0.1) is 4.72 Å². The molecule has 3 aromatic carbocycles. The Morgan fingerprint density at radius 3 is 1.71 bits per heavy atom. The molecule has 0 saturated carbocycles. The number of hydrogen-bond donors (Lipinski definition) is 1. The highest BCUT2D eigenvalue weighted by Crippen LogP contribution is 2.40. The van der Waals surface area contributed by atoms with E-state index in [0.29, 0.717) is 0 Å². The van der Waals surface area contributed by atoms with Crippen LogP contribution in [0.5, 0.6) is 0 Å². The van der Waals surface area contributed by atoms with Crippen molar-refractivity contribution in [2.24, 2.45) is 0 Å². The summed E-state index contributed by atoms with van der Waals surface area (Å²) in [5.74, 6) is -3.65. The Morgan fingerprint density at radius 1 is 0.786 bits per heavy atom. The van der Waals surface area contributed by atoms with Gasteiger partial charge in [-0.2, -0.15) is 13.2 Å². The Morgan fingerprint density at radius 2 is 1.29 bits per heavy atom. The van der Waals surface area contributed by atoms with Gasteiger partial charge in [0.1, 0.15) is 4.75 Å². The SMILES string of the molecule is C[C@@H](N[S@@+]([O-])C(C)(C)C)c1cccc(C(F)(F)F)c1CC(F)(F)CO[Si](c1ccccc1)(c1ccccc1)C(C)(C)C. The first kappa shape index (κ1) is 34.2. The molecular weight excluding hydrogens is 586 g/mol. The zero-order valence-electron chi connectivity index (χ0n) is 25.1. The van der Waals surface area contributed by atoms with E-state index >= 15 is 8.78 Å². The van der Waals surface area contributed by atoms with Gasteiger partial charge in [-0.3, -0.25) is 0 Å². The van der Waals surface area contributed by atoms with Crippen molar-refractivity contribution in [3.8, 4) is 0 Å². The molecule has 230 valence electrons. The van der Waals surface area contributed by atoms with E-state index in [1.54, 1.807) is 20.8 Å². The van der Waals surface area contributed by atoms with Crippen LogP contribution >= 0.6 is 0 Å². The van der Waals surface area contributed by atoms with Crippen LogP contribution in [0.15, 0.2) is 78.9 Å². The molecular formula is C32H40F5NO2SSi. The van der Waals surface area contributed by atoms with Crippen LogP contribution in [0.2, 0.25) is 5.04 Å². The second-order valence-corrected chi connectivity index (χ2v) is 18.9. The maximum Gasteiger partial charge on any atom is 0.416 e. The van der Waals surface area contributed by atoms with Crippen LogP contribution in [0.25, 0.3) is 0 Å². The van der Waals surface area contributed by atoms with E-state index in [1.165, 1.54) is 19.1 Å². The summed E-state index contributed by atoms with van der Waals surface area (Å²) in [6.45, 7) is 11.4. The molecule has 0 amide bonds. The predicted molar refractivity (Wildman–Crippen MR) is 163 cm³/mol. The molecule has 0 unspecified atom stereocenters. The van der Waals surface area contributed by atoms with Gasteiger partial charge in [0.2, 0.25) is 0 Å². The predicted octanol–water partition coefficient (Wildman–Crippen LogP) is 7.57. The van der Waals surface area contributed by atoms with Gasteiger partial charge in [0.05, 0.1) is 18.2 Å². The number of hydrogen-bond acceptors (Lipinski definition) is 3. The second-order valence-electron chi connectivity index (χ2n) is 12.6. The number of benzene rings is 3. The van der Waals surface area contributed by atoms with Crippen molar-refractivity contribution in [2.45, 2.75) is 82.8 Å². The van der Waals surface area contributed by atoms with Crippen molar-refractivity contribution in [3.63, 3.8) is 0 Å². The highest BCUT2D eigenvalue weighted by molar-refractivity contribution is 7.90. The fraction of sp³-hybridized carbons (Fsp3) is 0.438. The Kier molecular flexibility index (Phi) is 10.4. The lowest BCUT2D eigenvalue weighted by Gasteiger charge is -2.43. The molecule has 0 bridgehead atoms. The van der Waals surface area contributed by atoms with Crippen LogP contribution in [-0.2, 0) is 28.4 Å². The highest BCUT2D eigenvalue weighted by atomic mass is 32.2. The average molecular weight is 626 g/mol. The molecule has 3 nitrogen and oxygen atoms in total. The van der Waals surface area contributed by atoms with Crippen molar-refractivity contribution in [3.05, 3.63) is 95.6 Å². The minimum absolute atomic E-state index is 0.0209. The summed E-state index contributed by atoms with van der Waals surface area (Å²) in [5.41, 5.74) is -1.65. The monoisotopic (exact) mass is 625 g/mol. The Balaban J connectivity index is 2.06. The lowest BCUT2D eigenvalue weighted by atomic mass is 9.92. The van der Waals surface area contributed by atoms with E-state index in [0.717, 1.165) is 16.4 Å². The van der Waals surface area contributed by atoms with Gasteiger partial charge in [-0.1, -0.05) is 93.6 Å². The van der Waals surface area contributed by atoms with Crippen LogP contribution < -0.4 is 15.1 Å². The third kappa shape index (κ3) is 7.82. The van der Waals surface area contributed by atoms with E-state index in [9.17, 15) is 17.7 Å². The molecule has 0 aromatic heterocycles. The smallest absolute Gasteiger partial charge is 0.416 e. The first-order chi connectivity index (χ1) is 19.3. The topological polar surface area (TPSA) is 44.3 Å². The molecule has 0 aliphatic heterocycles. The zero-order valence-corrected chi connectivity index (χ0v) is 26.9. The van der Waals surface area contributed by atoms with E-state index in [4.69, 9.17) is 4.43 Å². The molecule has 0 spiro atoms. The summed E-state index contributed by atoms with van der Waals surface area (Å²) in [6, 6.07) is 20.9. The van der Waals surface area contributed by atoms with Crippen LogP contribution in [-0.4, -0.2) is 30.1 Å². The number of rotatable bonds is 10. The fourth-order valence-corrected chi connectivity index (χ4v) is 10.5. The van der Waals surface area contributed by atoms with Crippen LogP contribution in [0.4, 0.5) is 22.0 Å². The maximum atomic E-state index is 16.0. The Hall–Kier alpha value is -2.24. The molecule has 0 aliphatic rings. The first-order valence-corrected chi connectivity index (χ1v) is 16.9. The zero-order chi connectivity index (χ0) is 31.6. The summed E-state index contributed by atoms with van der Waals surface area (Å²) in [4.78, 5) is 0. The lowest BCUT2D eigenvalue weighted by molar-refractivity contribution is -0.139. The summed E-state index contributed by atoms with van der Waals surface area (Å²) in [6.07, 6.45) is -6.05. The Bertz CT molecular complexity index is 1270. The van der Waals surface area contributed by atoms with Crippen molar-refractivity contribution in [2.75, 3.05) is 6.61 Å². The van der Waals surface area contributed by atoms with Gasteiger partial charge in [0.25, 0.3) is 14.2 Å². The van der Waals surface area contributed by atoms with Crippen molar-refractivity contribution in [1.29, 1.82) is 0 Å². The van der Waals surface area contributed by atoms with Gasteiger partial charge >= 0.3 is 6.18 Å². The molecule has 10 heteroatoms. The third-order valence-corrected chi connectivity index (χ3v) is 13.8. The number of halogens is 5. The van der Waals surface area contributed by atoms with Crippen LogP contribution in [0.3, 0.4) is 0 Å². The summed E-state index contributed by atoms with van der Waals surface area (Å²) in [7, 11) is -3.36. The Labute approximate surface area is 250 Å². The van der Waals surface area contributed by atoms with E-state index in [2.05, 4.69) is 4.72 Å². The molecule has 3 aromatic rings. The van der Waals surface area contributed by atoms with Crippen molar-refractivity contribution in [1.82, 2.24) is 4.72 Å². The quantitative estimate of drug-likeness (QED) is 0.144. The van der Waals surface area contributed by atoms with Gasteiger partial charge in [-0.25, -0.2) is 8.78 Å². The average Bonchev–Trinajstić information content (AvgIpc) is 2.88. The molecule has 1 N–H and O–H groups in total. The standard InChI is InChI=1S/C32H40F5NO2SSi/c1-23(38-41(39)29(2,3)4)26-19-14-20-28(32(35,36)37)27(26)21-31(33,34)22-40-42(30(5,6)7,24-15-10-8-11-16-24)25-17-12-9-13-18-25/h8-20,23,38H,21-22H2,1-7H3/t23-,41+/m1/s1. The fourth-order valence-electron chi connectivity index (χ4n) is 5.16. The van der Waals surface area contributed by atoms with Crippen molar-refractivity contribution < 1.29 is 30.9 Å². The third-order valence-electron chi connectivity index (χ3n) is 7.18. The normalized spacial score (nSPS) is 15.0. The minimum Gasteiger partial charge on any atom is -0.598 e. The number of alkyl halides is 5. The minimum atomic E-state index is -4.86. The molecule has 0 saturated heterocycles. The largest absolute Gasteiger partial charge is 0.598 e. The van der Waals surface area contributed by atoms with Gasteiger partial charge in [-0.05, 0) is 60.3 Å². The van der Waals surface area contributed by atoms with E-state index in [1.807, 2.05) is 81.4 Å². The van der Waals surface area contributed by atoms with E-state index in [-0.39, 0.29) is 5.56 Å². The maximum absolute atomic E-state index is 16.0. The molecule has 2 atom stereocenters. The second kappa shape index (κ2) is 12.8. The van der Waals surface area contributed by atoms with Gasteiger partial charge < -0.3 is 8.98 Å².